The van der Waals surface area contributed by atoms with Gasteiger partial charge >= 0.3 is 0 Å². The molecule has 82 valence electrons. The van der Waals surface area contributed by atoms with E-state index in [1.54, 1.807) is 0 Å². The van der Waals surface area contributed by atoms with Crippen LogP contribution in [0.1, 0.15) is 40.0 Å². The number of hydrogen-bond acceptors (Lipinski definition) is 1. The zero-order chi connectivity index (χ0) is 10.1. The van der Waals surface area contributed by atoms with Crippen molar-refractivity contribution < 1.29 is 0 Å². The third-order valence-electron chi connectivity index (χ3n) is 4.53. The fourth-order valence-corrected chi connectivity index (χ4v) is 3.66. The minimum atomic E-state index is 0.884. The van der Waals surface area contributed by atoms with Crippen molar-refractivity contribution in [2.24, 2.45) is 23.7 Å². The maximum atomic E-state index is 2.68. The van der Waals surface area contributed by atoms with Gasteiger partial charge in [0.2, 0.25) is 0 Å². The number of fused-ring (bicyclic) bond motifs is 1. The van der Waals surface area contributed by atoms with Gasteiger partial charge in [-0.15, -0.1) is 0 Å². The second-order valence-corrected chi connectivity index (χ2v) is 5.61. The molecule has 0 amide bonds. The zero-order valence-corrected chi connectivity index (χ0v) is 10.00. The summed E-state index contributed by atoms with van der Waals surface area (Å²) in [6, 6.07) is 0. The van der Waals surface area contributed by atoms with Crippen molar-refractivity contribution in [3.05, 3.63) is 0 Å². The molecule has 1 aliphatic heterocycles. The van der Waals surface area contributed by atoms with Crippen LogP contribution in [0.15, 0.2) is 0 Å². The normalized spacial score (nSPS) is 39.0. The molecule has 3 atom stereocenters. The van der Waals surface area contributed by atoms with Crippen molar-refractivity contribution in [3.8, 4) is 0 Å². The van der Waals surface area contributed by atoms with E-state index in [9.17, 15) is 0 Å². The van der Waals surface area contributed by atoms with E-state index >= 15 is 0 Å². The van der Waals surface area contributed by atoms with Crippen molar-refractivity contribution in [1.29, 1.82) is 0 Å². The van der Waals surface area contributed by atoms with Gasteiger partial charge in [0.1, 0.15) is 0 Å². The molecule has 2 rings (SSSR count). The lowest BCUT2D eigenvalue weighted by atomic mass is 9.74. The maximum Gasteiger partial charge on any atom is 0.00149 e. The predicted octanol–water partition coefficient (Wildman–Crippen LogP) is 3.01. The lowest BCUT2D eigenvalue weighted by Crippen LogP contribution is -2.46. The first-order chi connectivity index (χ1) is 6.72. The highest BCUT2D eigenvalue weighted by Crippen LogP contribution is 2.43. The van der Waals surface area contributed by atoms with E-state index in [-0.39, 0.29) is 0 Å². The lowest BCUT2D eigenvalue weighted by Gasteiger charge is -2.42. The Bertz CT molecular complexity index is 188. The molecule has 14 heavy (non-hydrogen) atoms. The van der Waals surface area contributed by atoms with Crippen molar-refractivity contribution in [1.82, 2.24) is 4.90 Å². The van der Waals surface area contributed by atoms with Crippen LogP contribution >= 0.6 is 0 Å². The van der Waals surface area contributed by atoms with E-state index in [1.165, 1.54) is 38.9 Å². The van der Waals surface area contributed by atoms with E-state index in [0.29, 0.717) is 0 Å². The Balaban J connectivity index is 2.06. The molecule has 2 fully saturated rings. The molecule has 0 bridgehead atoms. The Morgan fingerprint density at radius 3 is 2.64 bits per heavy atom. The van der Waals surface area contributed by atoms with Gasteiger partial charge in [-0.3, -0.25) is 0 Å². The second-order valence-electron chi connectivity index (χ2n) is 5.61. The first-order valence-corrected chi connectivity index (χ1v) is 6.44. The molecule has 1 saturated heterocycles. The van der Waals surface area contributed by atoms with Crippen molar-refractivity contribution in [2.45, 2.75) is 40.0 Å². The van der Waals surface area contributed by atoms with Gasteiger partial charge in [-0.1, -0.05) is 27.2 Å². The monoisotopic (exact) mass is 195 g/mol. The average molecular weight is 195 g/mol. The summed E-state index contributed by atoms with van der Waals surface area (Å²) in [6.07, 6.45) is 4.52. The number of piperidine rings is 1. The summed E-state index contributed by atoms with van der Waals surface area (Å²) in [5.41, 5.74) is 0. The molecule has 0 aromatic heterocycles. The predicted molar refractivity (Wildman–Crippen MR) is 61.3 cm³/mol. The Labute approximate surface area is 88.9 Å². The van der Waals surface area contributed by atoms with Gasteiger partial charge in [-0.05, 0) is 43.1 Å². The third-order valence-corrected chi connectivity index (χ3v) is 4.53. The summed E-state index contributed by atoms with van der Waals surface area (Å²) < 4.78 is 0. The molecule has 1 heterocycles. The smallest absolute Gasteiger partial charge is 0.00149 e. The molecule has 2 aliphatic rings. The summed E-state index contributed by atoms with van der Waals surface area (Å²) in [6.45, 7) is 11.2. The average Bonchev–Trinajstić information content (AvgIpc) is 2.63. The van der Waals surface area contributed by atoms with E-state index in [0.717, 1.165) is 23.7 Å². The van der Waals surface area contributed by atoms with Crippen LogP contribution in [0.25, 0.3) is 0 Å². The molecular formula is C13H25N. The van der Waals surface area contributed by atoms with Gasteiger partial charge in [0.15, 0.2) is 0 Å². The number of likely N-dealkylation sites (tertiary alicyclic amines) is 1. The Kier molecular flexibility index (Phi) is 3.16. The maximum absolute atomic E-state index is 2.68. The van der Waals surface area contributed by atoms with E-state index < -0.39 is 0 Å². The molecule has 3 unspecified atom stereocenters. The van der Waals surface area contributed by atoms with Crippen LogP contribution in [-0.2, 0) is 0 Å². The summed E-state index contributed by atoms with van der Waals surface area (Å²) in [5, 5.41) is 0. The van der Waals surface area contributed by atoms with Crippen LogP contribution in [0.3, 0.4) is 0 Å². The molecule has 1 heteroatoms. The fraction of sp³-hybridized carbons (Fsp3) is 1.00. The number of rotatable bonds is 2. The topological polar surface area (TPSA) is 3.24 Å². The quantitative estimate of drug-likeness (QED) is 0.654. The van der Waals surface area contributed by atoms with Crippen LogP contribution in [0.5, 0.6) is 0 Å². The first-order valence-electron chi connectivity index (χ1n) is 6.44. The standard InChI is InChI=1S/C13H25N/c1-4-14-8-11-6-5-7-12(11)13(9-14)10(2)3/h10-13H,4-9H2,1-3H3. The lowest BCUT2D eigenvalue weighted by molar-refractivity contribution is 0.0575. The molecule has 0 aromatic rings. The highest BCUT2D eigenvalue weighted by Gasteiger charge is 2.39. The first kappa shape index (κ1) is 10.5. The largest absolute Gasteiger partial charge is 0.303 e. The summed E-state index contributed by atoms with van der Waals surface area (Å²) in [7, 11) is 0. The second kappa shape index (κ2) is 4.22. The van der Waals surface area contributed by atoms with E-state index in [4.69, 9.17) is 0 Å². The van der Waals surface area contributed by atoms with Gasteiger partial charge in [0, 0.05) is 13.1 Å². The molecule has 0 radical (unpaired) electrons. The Hall–Kier alpha value is -0.0400. The summed E-state index contributed by atoms with van der Waals surface area (Å²) in [5.74, 6) is 3.97. The van der Waals surface area contributed by atoms with Crippen molar-refractivity contribution in [3.63, 3.8) is 0 Å². The van der Waals surface area contributed by atoms with Gasteiger partial charge in [-0.2, -0.15) is 0 Å². The molecular weight excluding hydrogens is 170 g/mol. The molecule has 0 spiro atoms. The highest BCUT2D eigenvalue weighted by atomic mass is 15.1. The third kappa shape index (κ3) is 1.84. The minimum absolute atomic E-state index is 0.884. The molecule has 1 nitrogen and oxygen atoms in total. The van der Waals surface area contributed by atoms with Crippen LogP contribution in [0.2, 0.25) is 0 Å². The van der Waals surface area contributed by atoms with Crippen molar-refractivity contribution >= 4 is 0 Å². The van der Waals surface area contributed by atoms with Gasteiger partial charge in [0.25, 0.3) is 0 Å². The molecule has 0 N–H and O–H groups in total. The van der Waals surface area contributed by atoms with E-state index in [1.807, 2.05) is 0 Å². The van der Waals surface area contributed by atoms with Gasteiger partial charge < -0.3 is 4.90 Å². The van der Waals surface area contributed by atoms with E-state index in [2.05, 4.69) is 25.7 Å². The van der Waals surface area contributed by atoms with Crippen LogP contribution in [0, 0.1) is 23.7 Å². The summed E-state index contributed by atoms with van der Waals surface area (Å²) >= 11 is 0. The Morgan fingerprint density at radius 2 is 2.00 bits per heavy atom. The fourth-order valence-electron chi connectivity index (χ4n) is 3.66. The van der Waals surface area contributed by atoms with Crippen molar-refractivity contribution in [2.75, 3.05) is 19.6 Å². The number of nitrogens with zero attached hydrogens (tertiary/aromatic N) is 1. The van der Waals surface area contributed by atoms with Crippen LogP contribution < -0.4 is 0 Å². The number of hydrogen-bond donors (Lipinski definition) is 0. The van der Waals surface area contributed by atoms with Crippen LogP contribution in [-0.4, -0.2) is 24.5 Å². The van der Waals surface area contributed by atoms with Gasteiger partial charge in [-0.25, -0.2) is 0 Å². The minimum Gasteiger partial charge on any atom is -0.303 e. The van der Waals surface area contributed by atoms with Crippen LogP contribution in [0.4, 0.5) is 0 Å². The molecule has 1 aliphatic carbocycles. The molecule has 0 aromatic carbocycles. The highest BCUT2D eigenvalue weighted by molar-refractivity contribution is 4.91. The SMILES string of the molecule is CCN1CC2CCCC2C(C(C)C)C1. The summed E-state index contributed by atoms with van der Waals surface area (Å²) in [4.78, 5) is 2.68. The Morgan fingerprint density at radius 1 is 1.21 bits per heavy atom. The zero-order valence-electron chi connectivity index (χ0n) is 10.00. The van der Waals surface area contributed by atoms with Gasteiger partial charge in [0.05, 0.1) is 0 Å². The molecule has 1 saturated carbocycles.